The van der Waals surface area contributed by atoms with Crippen molar-refractivity contribution in [3.8, 4) is 0 Å². The molecule has 5 rings (SSSR count). The SMILES string of the molecule is Cc1cccc2c1C[C@H](N1CCC3(CC1)[C@H](O)CCN3c1ccccc1)C2. The van der Waals surface area contributed by atoms with E-state index in [9.17, 15) is 5.11 Å². The molecule has 3 heteroatoms. The van der Waals surface area contributed by atoms with Crippen LogP contribution in [0.25, 0.3) is 0 Å². The molecule has 27 heavy (non-hydrogen) atoms. The van der Waals surface area contributed by atoms with Gasteiger partial charge in [0.05, 0.1) is 11.6 Å². The summed E-state index contributed by atoms with van der Waals surface area (Å²) >= 11 is 0. The normalized spacial score (nSPS) is 27.3. The van der Waals surface area contributed by atoms with Crippen molar-refractivity contribution in [1.29, 1.82) is 0 Å². The van der Waals surface area contributed by atoms with Crippen LogP contribution < -0.4 is 4.90 Å². The number of para-hydroxylation sites is 1. The molecule has 0 bridgehead atoms. The second-order valence-corrected chi connectivity index (χ2v) is 8.71. The third-order valence-electron chi connectivity index (χ3n) is 7.43. The number of likely N-dealkylation sites (tertiary alicyclic amines) is 1. The maximum Gasteiger partial charge on any atom is 0.0789 e. The van der Waals surface area contributed by atoms with Crippen molar-refractivity contribution in [3.63, 3.8) is 0 Å². The molecule has 1 N–H and O–H groups in total. The molecule has 2 aromatic rings. The Hall–Kier alpha value is -1.84. The number of nitrogens with zero attached hydrogens (tertiary/aromatic N) is 2. The van der Waals surface area contributed by atoms with E-state index in [1.54, 1.807) is 11.1 Å². The minimum atomic E-state index is -0.206. The number of piperidine rings is 1. The van der Waals surface area contributed by atoms with Crippen molar-refractivity contribution in [2.75, 3.05) is 24.5 Å². The van der Waals surface area contributed by atoms with Gasteiger partial charge in [0.1, 0.15) is 0 Å². The standard InChI is InChI=1S/C24H30N2O/c1-18-6-5-7-19-16-21(17-22(18)19)25-14-11-24(12-15-25)23(27)10-13-26(24)20-8-3-2-4-9-20/h2-9,21,23,27H,10-17H2,1H3/t21-,23-/m1/s1. The molecule has 142 valence electrons. The molecule has 2 saturated heterocycles. The van der Waals surface area contributed by atoms with E-state index in [1.165, 1.54) is 24.1 Å². The molecule has 3 nitrogen and oxygen atoms in total. The molecule has 0 saturated carbocycles. The maximum atomic E-state index is 10.9. The monoisotopic (exact) mass is 362 g/mol. The Kier molecular flexibility index (Phi) is 4.25. The quantitative estimate of drug-likeness (QED) is 0.885. The Labute approximate surface area is 162 Å². The fraction of sp³-hybridized carbons (Fsp3) is 0.500. The van der Waals surface area contributed by atoms with E-state index in [2.05, 4.69) is 65.3 Å². The number of anilines is 1. The van der Waals surface area contributed by atoms with Gasteiger partial charge in [0.2, 0.25) is 0 Å². The van der Waals surface area contributed by atoms with Gasteiger partial charge in [0.25, 0.3) is 0 Å². The van der Waals surface area contributed by atoms with Crippen LogP contribution >= 0.6 is 0 Å². The Balaban J connectivity index is 1.32. The average Bonchev–Trinajstić information content (AvgIpc) is 3.27. The van der Waals surface area contributed by atoms with Crippen molar-refractivity contribution in [3.05, 3.63) is 65.2 Å². The number of rotatable bonds is 2. The van der Waals surface area contributed by atoms with E-state index >= 15 is 0 Å². The molecule has 2 aromatic carbocycles. The lowest BCUT2D eigenvalue weighted by Crippen LogP contribution is -2.58. The minimum absolute atomic E-state index is 0.0702. The zero-order valence-corrected chi connectivity index (χ0v) is 16.3. The van der Waals surface area contributed by atoms with Crippen molar-refractivity contribution in [1.82, 2.24) is 4.90 Å². The zero-order chi connectivity index (χ0) is 18.4. The van der Waals surface area contributed by atoms with Gasteiger partial charge in [-0.3, -0.25) is 4.90 Å². The molecule has 3 aliphatic rings. The van der Waals surface area contributed by atoms with Crippen LogP contribution in [0.15, 0.2) is 48.5 Å². The molecule has 1 spiro atoms. The van der Waals surface area contributed by atoms with Crippen LogP contribution in [0.3, 0.4) is 0 Å². The Bertz CT molecular complexity index is 810. The lowest BCUT2D eigenvalue weighted by Gasteiger charge is -2.48. The molecule has 0 amide bonds. The van der Waals surface area contributed by atoms with E-state index < -0.39 is 0 Å². The highest BCUT2D eigenvalue weighted by molar-refractivity contribution is 5.51. The molecular weight excluding hydrogens is 332 g/mol. The van der Waals surface area contributed by atoms with Crippen LogP contribution in [0.1, 0.15) is 36.0 Å². The topological polar surface area (TPSA) is 26.7 Å². The maximum absolute atomic E-state index is 10.9. The van der Waals surface area contributed by atoms with Gasteiger partial charge in [0, 0.05) is 31.4 Å². The van der Waals surface area contributed by atoms with Crippen LogP contribution in [0.2, 0.25) is 0 Å². The summed E-state index contributed by atoms with van der Waals surface area (Å²) < 4.78 is 0. The van der Waals surface area contributed by atoms with E-state index in [1.807, 2.05) is 0 Å². The summed E-state index contributed by atoms with van der Waals surface area (Å²) in [5.41, 5.74) is 5.78. The van der Waals surface area contributed by atoms with Crippen LogP contribution in [-0.4, -0.2) is 47.3 Å². The summed E-state index contributed by atoms with van der Waals surface area (Å²) in [5, 5.41) is 10.9. The van der Waals surface area contributed by atoms with Crippen molar-refractivity contribution >= 4 is 5.69 Å². The largest absolute Gasteiger partial charge is 0.391 e. The minimum Gasteiger partial charge on any atom is -0.391 e. The van der Waals surface area contributed by atoms with Gasteiger partial charge in [-0.25, -0.2) is 0 Å². The van der Waals surface area contributed by atoms with E-state index in [-0.39, 0.29) is 11.6 Å². The first-order chi connectivity index (χ1) is 13.2. The highest BCUT2D eigenvalue weighted by atomic mass is 16.3. The molecule has 1 aliphatic carbocycles. The second-order valence-electron chi connectivity index (χ2n) is 8.71. The highest BCUT2D eigenvalue weighted by Gasteiger charge is 2.50. The fourth-order valence-corrected chi connectivity index (χ4v) is 5.86. The van der Waals surface area contributed by atoms with Gasteiger partial charge in [-0.1, -0.05) is 36.4 Å². The summed E-state index contributed by atoms with van der Waals surface area (Å²) in [4.78, 5) is 5.20. The predicted molar refractivity (Wildman–Crippen MR) is 110 cm³/mol. The first kappa shape index (κ1) is 17.3. The molecular formula is C24H30N2O. The summed E-state index contributed by atoms with van der Waals surface area (Å²) in [5.74, 6) is 0. The molecule has 2 aliphatic heterocycles. The second kappa shape index (κ2) is 6.65. The smallest absolute Gasteiger partial charge is 0.0789 e. The summed E-state index contributed by atoms with van der Waals surface area (Å²) in [6, 6.07) is 18.1. The first-order valence-corrected chi connectivity index (χ1v) is 10.5. The molecule has 2 fully saturated rings. The number of aryl methyl sites for hydroxylation is 1. The highest BCUT2D eigenvalue weighted by Crippen LogP contribution is 2.42. The third-order valence-corrected chi connectivity index (χ3v) is 7.43. The fourth-order valence-electron chi connectivity index (χ4n) is 5.86. The molecule has 0 aromatic heterocycles. The van der Waals surface area contributed by atoms with Crippen LogP contribution in [-0.2, 0) is 12.8 Å². The van der Waals surface area contributed by atoms with Crippen LogP contribution in [0.5, 0.6) is 0 Å². The van der Waals surface area contributed by atoms with Gasteiger partial charge in [-0.15, -0.1) is 0 Å². The number of hydrogen-bond donors (Lipinski definition) is 1. The summed E-state index contributed by atoms with van der Waals surface area (Å²) in [7, 11) is 0. The van der Waals surface area contributed by atoms with Gasteiger partial charge in [0.15, 0.2) is 0 Å². The summed E-state index contributed by atoms with van der Waals surface area (Å²) in [6.07, 6.45) is 5.20. The predicted octanol–water partition coefficient (Wildman–Crippen LogP) is 3.57. The molecule has 2 heterocycles. The lowest BCUT2D eigenvalue weighted by atomic mass is 9.82. The average molecular weight is 363 g/mol. The first-order valence-electron chi connectivity index (χ1n) is 10.5. The van der Waals surface area contributed by atoms with Gasteiger partial charge in [-0.05, 0) is 67.9 Å². The number of aliphatic hydroxyl groups excluding tert-OH is 1. The molecule has 0 radical (unpaired) electrons. The van der Waals surface area contributed by atoms with Crippen LogP contribution in [0, 0.1) is 6.92 Å². The van der Waals surface area contributed by atoms with E-state index in [0.717, 1.165) is 38.9 Å². The number of hydrogen-bond acceptors (Lipinski definition) is 3. The number of aliphatic hydroxyl groups is 1. The number of fused-ring (bicyclic) bond motifs is 1. The zero-order valence-electron chi connectivity index (χ0n) is 16.3. The number of benzene rings is 2. The van der Waals surface area contributed by atoms with Gasteiger partial charge >= 0.3 is 0 Å². The van der Waals surface area contributed by atoms with Crippen molar-refractivity contribution < 1.29 is 5.11 Å². The van der Waals surface area contributed by atoms with Gasteiger partial charge < -0.3 is 10.0 Å². The molecule has 0 unspecified atom stereocenters. The van der Waals surface area contributed by atoms with Gasteiger partial charge in [-0.2, -0.15) is 0 Å². The Morgan fingerprint density at radius 2 is 1.70 bits per heavy atom. The molecule has 2 atom stereocenters. The Morgan fingerprint density at radius 3 is 2.44 bits per heavy atom. The summed E-state index contributed by atoms with van der Waals surface area (Å²) in [6.45, 7) is 5.41. The van der Waals surface area contributed by atoms with E-state index in [4.69, 9.17) is 0 Å². The third kappa shape index (κ3) is 2.79. The van der Waals surface area contributed by atoms with E-state index in [0.29, 0.717) is 6.04 Å². The van der Waals surface area contributed by atoms with Crippen LogP contribution in [0.4, 0.5) is 5.69 Å². The van der Waals surface area contributed by atoms with Crippen molar-refractivity contribution in [2.24, 2.45) is 0 Å². The lowest BCUT2D eigenvalue weighted by molar-refractivity contribution is 0.0428. The van der Waals surface area contributed by atoms with Crippen molar-refractivity contribution in [2.45, 2.75) is 56.7 Å². The Morgan fingerprint density at radius 1 is 0.926 bits per heavy atom.